The molecule has 0 unspecified atom stereocenters. The number of thiophene rings is 1. The Morgan fingerprint density at radius 3 is 2.95 bits per heavy atom. The van der Waals surface area contributed by atoms with Gasteiger partial charge in [0, 0.05) is 11.1 Å². The van der Waals surface area contributed by atoms with E-state index in [1.165, 1.54) is 17.3 Å². The average Bonchev–Trinajstić information content (AvgIpc) is 2.97. The van der Waals surface area contributed by atoms with Crippen LogP contribution in [0.15, 0.2) is 41.0 Å². The third-order valence-corrected chi connectivity index (χ3v) is 5.05. The van der Waals surface area contributed by atoms with E-state index in [1.807, 2.05) is 37.4 Å². The van der Waals surface area contributed by atoms with Gasteiger partial charge in [-0.05, 0) is 36.9 Å². The van der Waals surface area contributed by atoms with Gasteiger partial charge >= 0.3 is 0 Å². The normalized spacial score (nSPS) is 10.8. The fourth-order valence-corrected chi connectivity index (χ4v) is 3.74. The first-order valence-electron chi connectivity index (χ1n) is 6.81. The van der Waals surface area contributed by atoms with Gasteiger partial charge < -0.3 is 5.32 Å². The maximum Gasteiger partial charge on any atom is 0.234 e. The highest BCUT2D eigenvalue weighted by atomic mass is 32.2. The van der Waals surface area contributed by atoms with Crippen molar-refractivity contribution in [3.63, 3.8) is 0 Å². The number of anilines is 1. The summed E-state index contributed by atoms with van der Waals surface area (Å²) in [5, 5.41) is 6.79. The van der Waals surface area contributed by atoms with Gasteiger partial charge in [0.15, 0.2) is 0 Å². The van der Waals surface area contributed by atoms with Crippen LogP contribution in [0.25, 0.3) is 10.2 Å². The molecule has 1 amide bonds. The molecule has 0 spiro atoms. The van der Waals surface area contributed by atoms with Crippen LogP contribution in [0.1, 0.15) is 11.1 Å². The summed E-state index contributed by atoms with van der Waals surface area (Å²) in [6.07, 6.45) is 1.54. The summed E-state index contributed by atoms with van der Waals surface area (Å²) in [6.45, 7) is 4.03. The van der Waals surface area contributed by atoms with Crippen LogP contribution in [0.5, 0.6) is 0 Å². The zero-order valence-electron chi connectivity index (χ0n) is 12.3. The zero-order valence-corrected chi connectivity index (χ0v) is 13.9. The Morgan fingerprint density at radius 1 is 1.27 bits per heavy atom. The molecule has 2 aromatic heterocycles. The van der Waals surface area contributed by atoms with Crippen molar-refractivity contribution in [1.82, 2.24) is 9.97 Å². The van der Waals surface area contributed by atoms with Crippen molar-refractivity contribution in [1.29, 1.82) is 0 Å². The van der Waals surface area contributed by atoms with Crippen LogP contribution < -0.4 is 5.32 Å². The fourth-order valence-electron chi connectivity index (χ4n) is 2.16. The number of nitrogens with one attached hydrogen (secondary N) is 1. The summed E-state index contributed by atoms with van der Waals surface area (Å²) in [5.41, 5.74) is 3.12. The number of aryl methyl sites for hydroxylation is 2. The maximum absolute atomic E-state index is 12.1. The third kappa shape index (κ3) is 3.28. The number of thioether (sulfide) groups is 1. The van der Waals surface area contributed by atoms with Crippen molar-refractivity contribution in [2.75, 3.05) is 11.1 Å². The lowest BCUT2D eigenvalue weighted by Crippen LogP contribution is -2.15. The van der Waals surface area contributed by atoms with Gasteiger partial charge in [-0.15, -0.1) is 11.3 Å². The number of carbonyl (C=O) groups is 1. The van der Waals surface area contributed by atoms with Crippen molar-refractivity contribution < 1.29 is 4.79 Å². The van der Waals surface area contributed by atoms with E-state index in [-0.39, 0.29) is 5.91 Å². The van der Waals surface area contributed by atoms with Crippen LogP contribution in [0.4, 0.5) is 5.69 Å². The van der Waals surface area contributed by atoms with Gasteiger partial charge in [-0.3, -0.25) is 4.79 Å². The summed E-state index contributed by atoms with van der Waals surface area (Å²) in [5.74, 6) is 0.300. The topological polar surface area (TPSA) is 54.9 Å². The van der Waals surface area contributed by atoms with Crippen molar-refractivity contribution >= 4 is 44.9 Å². The van der Waals surface area contributed by atoms with Crippen LogP contribution in [0.3, 0.4) is 0 Å². The van der Waals surface area contributed by atoms with E-state index < -0.39 is 0 Å². The van der Waals surface area contributed by atoms with E-state index in [4.69, 9.17) is 0 Å². The van der Waals surface area contributed by atoms with E-state index in [1.54, 1.807) is 17.7 Å². The Labute approximate surface area is 137 Å². The standard InChI is InChI=1S/C16H15N3OS2/c1-10-3-4-13(11(2)7-10)19-14(20)8-22-16-12-5-6-21-15(12)17-9-18-16/h3-7,9H,8H2,1-2H3,(H,19,20). The van der Waals surface area contributed by atoms with Gasteiger partial charge in [0.25, 0.3) is 0 Å². The third-order valence-electron chi connectivity index (χ3n) is 3.22. The predicted octanol–water partition coefficient (Wildman–Crippen LogP) is 4.04. The number of hydrogen-bond donors (Lipinski definition) is 1. The molecule has 22 heavy (non-hydrogen) atoms. The van der Waals surface area contributed by atoms with Crippen LogP contribution in [0.2, 0.25) is 0 Å². The average molecular weight is 329 g/mol. The van der Waals surface area contributed by atoms with Crippen molar-refractivity contribution in [2.24, 2.45) is 0 Å². The van der Waals surface area contributed by atoms with Gasteiger partial charge in [0.2, 0.25) is 5.91 Å². The van der Waals surface area contributed by atoms with Crippen LogP contribution in [-0.2, 0) is 4.79 Å². The van der Waals surface area contributed by atoms with Gasteiger partial charge in [0.1, 0.15) is 16.2 Å². The minimum Gasteiger partial charge on any atom is -0.325 e. The first-order chi connectivity index (χ1) is 10.6. The Hall–Kier alpha value is -1.92. The zero-order chi connectivity index (χ0) is 15.5. The van der Waals surface area contributed by atoms with Gasteiger partial charge in [-0.2, -0.15) is 0 Å². The number of rotatable bonds is 4. The van der Waals surface area contributed by atoms with Gasteiger partial charge in [-0.25, -0.2) is 9.97 Å². The summed E-state index contributed by atoms with van der Waals surface area (Å²) >= 11 is 3.01. The van der Waals surface area contributed by atoms with Gasteiger partial charge in [0.05, 0.1) is 5.75 Å². The van der Waals surface area contributed by atoms with Crippen molar-refractivity contribution in [2.45, 2.75) is 18.9 Å². The molecule has 3 aromatic rings. The smallest absolute Gasteiger partial charge is 0.234 e. The molecule has 0 radical (unpaired) electrons. The first-order valence-corrected chi connectivity index (χ1v) is 8.68. The number of amides is 1. The second kappa shape index (κ2) is 6.46. The number of hydrogen-bond acceptors (Lipinski definition) is 5. The largest absolute Gasteiger partial charge is 0.325 e. The first kappa shape index (κ1) is 15.0. The number of benzene rings is 1. The summed E-state index contributed by atoms with van der Waals surface area (Å²) < 4.78 is 0. The highest BCUT2D eigenvalue weighted by molar-refractivity contribution is 8.00. The number of fused-ring (bicyclic) bond motifs is 1. The molecule has 0 saturated heterocycles. The lowest BCUT2D eigenvalue weighted by Gasteiger charge is -2.09. The maximum atomic E-state index is 12.1. The van der Waals surface area contributed by atoms with Crippen molar-refractivity contribution in [3.05, 3.63) is 47.1 Å². The molecule has 4 nitrogen and oxygen atoms in total. The van der Waals surface area contributed by atoms with E-state index in [9.17, 15) is 4.79 Å². The highest BCUT2D eigenvalue weighted by Gasteiger charge is 2.09. The molecule has 0 atom stereocenters. The number of nitrogens with zero attached hydrogens (tertiary/aromatic N) is 2. The predicted molar refractivity (Wildman–Crippen MR) is 92.7 cm³/mol. The Balaban J connectivity index is 1.66. The molecule has 0 saturated carbocycles. The molecular formula is C16H15N3OS2. The summed E-state index contributed by atoms with van der Waals surface area (Å²) in [6, 6.07) is 7.98. The molecule has 6 heteroatoms. The fraction of sp³-hybridized carbons (Fsp3) is 0.188. The lowest BCUT2D eigenvalue weighted by atomic mass is 10.1. The van der Waals surface area contributed by atoms with E-state index in [0.717, 1.165) is 26.5 Å². The molecule has 0 aliphatic carbocycles. The second-order valence-electron chi connectivity index (χ2n) is 4.97. The monoisotopic (exact) mass is 329 g/mol. The minimum atomic E-state index is -0.0288. The molecule has 0 bridgehead atoms. The van der Waals surface area contributed by atoms with Crippen LogP contribution in [0, 0.1) is 13.8 Å². The minimum absolute atomic E-state index is 0.0288. The lowest BCUT2D eigenvalue weighted by molar-refractivity contribution is -0.113. The highest BCUT2D eigenvalue weighted by Crippen LogP contribution is 2.27. The number of carbonyl (C=O) groups excluding carboxylic acids is 1. The molecule has 112 valence electrons. The molecule has 3 rings (SSSR count). The Bertz CT molecular complexity index is 829. The molecule has 0 aliphatic heterocycles. The molecular weight excluding hydrogens is 314 g/mol. The van der Waals surface area contributed by atoms with Crippen molar-refractivity contribution in [3.8, 4) is 0 Å². The quantitative estimate of drug-likeness (QED) is 0.580. The summed E-state index contributed by atoms with van der Waals surface area (Å²) in [4.78, 5) is 21.6. The van der Waals surface area contributed by atoms with Crippen LogP contribution in [-0.4, -0.2) is 21.6 Å². The molecule has 1 aromatic carbocycles. The van der Waals surface area contributed by atoms with Crippen LogP contribution >= 0.6 is 23.1 Å². The van der Waals surface area contributed by atoms with E-state index in [0.29, 0.717) is 5.75 Å². The Kier molecular flexibility index (Phi) is 4.40. The molecule has 2 heterocycles. The molecule has 0 fully saturated rings. The molecule has 1 N–H and O–H groups in total. The number of aromatic nitrogens is 2. The van der Waals surface area contributed by atoms with Gasteiger partial charge in [-0.1, -0.05) is 29.5 Å². The van der Waals surface area contributed by atoms with E-state index in [2.05, 4.69) is 21.4 Å². The molecule has 0 aliphatic rings. The SMILES string of the molecule is Cc1ccc(NC(=O)CSc2ncnc3sccc23)c(C)c1. The Morgan fingerprint density at radius 2 is 2.14 bits per heavy atom. The second-order valence-corrected chi connectivity index (χ2v) is 6.83. The summed E-state index contributed by atoms with van der Waals surface area (Å²) in [7, 11) is 0. The van der Waals surface area contributed by atoms with E-state index >= 15 is 0 Å².